The highest BCUT2D eigenvalue weighted by Gasteiger charge is 2.34. The molecule has 1 N–H and O–H groups in total. The summed E-state index contributed by atoms with van der Waals surface area (Å²) < 4.78 is 0. The van der Waals surface area contributed by atoms with Gasteiger partial charge in [-0.2, -0.15) is 0 Å². The first kappa shape index (κ1) is 8.93. The van der Waals surface area contributed by atoms with E-state index in [0.717, 1.165) is 18.4 Å². The first-order chi connectivity index (χ1) is 6.75. The first-order valence-electron chi connectivity index (χ1n) is 5.58. The van der Waals surface area contributed by atoms with Crippen molar-refractivity contribution in [3.63, 3.8) is 0 Å². The predicted octanol–water partition coefficient (Wildman–Crippen LogP) is 3.11. The number of rotatable bonds is 1. The monoisotopic (exact) mass is 207 g/mol. The van der Waals surface area contributed by atoms with Gasteiger partial charge in [0.25, 0.3) is 0 Å². The molecule has 0 saturated carbocycles. The summed E-state index contributed by atoms with van der Waals surface area (Å²) in [5, 5.41) is 6.00. The van der Waals surface area contributed by atoms with E-state index in [9.17, 15) is 0 Å². The minimum atomic E-state index is 0.687. The van der Waals surface area contributed by atoms with Gasteiger partial charge in [-0.25, -0.2) is 0 Å². The van der Waals surface area contributed by atoms with Gasteiger partial charge in [-0.3, -0.25) is 0 Å². The molecule has 76 valence electrons. The normalized spacial score (nSPS) is 29.6. The molecular formula is C12H17NS. The third kappa shape index (κ3) is 1.17. The highest BCUT2D eigenvalue weighted by atomic mass is 32.1. The molecule has 1 nitrogen and oxygen atoms in total. The zero-order valence-corrected chi connectivity index (χ0v) is 9.66. The van der Waals surface area contributed by atoms with E-state index in [1.807, 2.05) is 11.3 Å². The fraction of sp³-hybridized carbons (Fsp3) is 0.667. The van der Waals surface area contributed by atoms with Crippen LogP contribution in [0.1, 0.15) is 42.3 Å². The number of thiophene rings is 1. The molecule has 1 aromatic rings. The van der Waals surface area contributed by atoms with Crippen molar-refractivity contribution in [2.75, 3.05) is 0 Å². The zero-order valence-electron chi connectivity index (χ0n) is 8.84. The first-order valence-corrected chi connectivity index (χ1v) is 6.46. The van der Waals surface area contributed by atoms with Gasteiger partial charge >= 0.3 is 0 Å². The molecule has 2 atom stereocenters. The molecule has 0 amide bonds. The van der Waals surface area contributed by atoms with Crippen LogP contribution in [0.4, 0.5) is 0 Å². The van der Waals surface area contributed by atoms with Crippen LogP contribution in [-0.4, -0.2) is 0 Å². The molecule has 1 aliphatic heterocycles. The highest BCUT2D eigenvalue weighted by Crippen LogP contribution is 2.44. The Morgan fingerprint density at radius 1 is 1.50 bits per heavy atom. The molecule has 1 aliphatic carbocycles. The van der Waals surface area contributed by atoms with Crippen LogP contribution in [0.25, 0.3) is 0 Å². The van der Waals surface area contributed by atoms with E-state index in [1.165, 1.54) is 12.8 Å². The van der Waals surface area contributed by atoms with E-state index < -0.39 is 0 Å². The minimum Gasteiger partial charge on any atom is -0.306 e. The van der Waals surface area contributed by atoms with Crippen molar-refractivity contribution in [2.24, 2.45) is 11.8 Å². The van der Waals surface area contributed by atoms with E-state index in [0.29, 0.717) is 6.04 Å². The van der Waals surface area contributed by atoms with Crippen LogP contribution < -0.4 is 5.32 Å². The lowest BCUT2D eigenvalue weighted by atomic mass is 9.79. The van der Waals surface area contributed by atoms with Crippen LogP contribution in [-0.2, 0) is 13.0 Å². The molecule has 3 rings (SSSR count). The van der Waals surface area contributed by atoms with Gasteiger partial charge in [-0.1, -0.05) is 13.8 Å². The standard InChI is InChI=1S/C12H17NS/c1-7(2)8-3-10-12-9(5-13-10)6-14-11(12)4-8/h6-8,10,13H,3-5H2,1-2H3. The molecule has 0 fully saturated rings. The van der Waals surface area contributed by atoms with Gasteiger partial charge in [-0.05, 0) is 41.2 Å². The topological polar surface area (TPSA) is 12.0 Å². The van der Waals surface area contributed by atoms with Gasteiger partial charge in [-0.15, -0.1) is 11.3 Å². The van der Waals surface area contributed by atoms with Gasteiger partial charge < -0.3 is 5.32 Å². The van der Waals surface area contributed by atoms with E-state index in [-0.39, 0.29) is 0 Å². The Labute approximate surface area is 89.5 Å². The Balaban J connectivity index is 1.97. The van der Waals surface area contributed by atoms with Crippen molar-refractivity contribution in [3.05, 3.63) is 21.4 Å². The maximum atomic E-state index is 3.64. The van der Waals surface area contributed by atoms with Crippen LogP contribution in [0.5, 0.6) is 0 Å². The fourth-order valence-electron chi connectivity index (χ4n) is 2.83. The van der Waals surface area contributed by atoms with Crippen molar-refractivity contribution < 1.29 is 0 Å². The lowest BCUT2D eigenvalue weighted by Gasteiger charge is -2.29. The van der Waals surface area contributed by atoms with Gasteiger partial charge in [0, 0.05) is 17.5 Å². The van der Waals surface area contributed by atoms with Crippen molar-refractivity contribution in [3.8, 4) is 0 Å². The maximum Gasteiger partial charge on any atom is 0.0340 e. The summed E-state index contributed by atoms with van der Waals surface area (Å²) in [4.78, 5) is 1.67. The van der Waals surface area contributed by atoms with E-state index in [1.54, 1.807) is 16.0 Å². The molecule has 0 spiro atoms. The quantitative estimate of drug-likeness (QED) is 0.746. The molecule has 0 radical (unpaired) electrons. The average molecular weight is 207 g/mol. The Morgan fingerprint density at radius 2 is 2.36 bits per heavy atom. The number of hydrogen-bond donors (Lipinski definition) is 1. The number of nitrogens with one attached hydrogen (secondary N) is 1. The van der Waals surface area contributed by atoms with E-state index in [2.05, 4.69) is 24.5 Å². The van der Waals surface area contributed by atoms with Gasteiger partial charge in [0.15, 0.2) is 0 Å². The van der Waals surface area contributed by atoms with Crippen molar-refractivity contribution in [1.82, 2.24) is 5.32 Å². The summed E-state index contributed by atoms with van der Waals surface area (Å²) in [7, 11) is 0. The predicted molar refractivity (Wildman–Crippen MR) is 60.5 cm³/mol. The molecular weight excluding hydrogens is 190 g/mol. The summed E-state index contributed by atoms with van der Waals surface area (Å²) in [5.74, 6) is 1.72. The van der Waals surface area contributed by atoms with Crippen LogP contribution in [0.2, 0.25) is 0 Å². The molecule has 0 aromatic carbocycles. The lowest BCUT2D eigenvalue weighted by molar-refractivity contribution is 0.301. The maximum absolute atomic E-state index is 3.64. The minimum absolute atomic E-state index is 0.687. The fourth-order valence-corrected chi connectivity index (χ4v) is 4.04. The molecule has 2 unspecified atom stereocenters. The summed E-state index contributed by atoms with van der Waals surface area (Å²) in [5.41, 5.74) is 3.25. The van der Waals surface area contributed by atoms with Crippen LogP contribution in [0, 0.1) is 11.8 Å². The smallest absolute Gasteiger partial charge is 0.0340 e. The Hall–Kier alpha value is -0.340. The molecule has 2 heteroatoms. The third-order valence-electron chi connectivity index (χ3n) is 3.81. The zero-order chi connectivity index (χ0) is 9.71. The summed E-state index contributed by atoms with van der Waals surface area (Å²) >= 11 is 1.99. The SMILES string of the molecule is CC(C)C1Cc2scc3c2C(C1)NC3. The second-order valence-corrected chi connectivity index (χ2v) is 5.94. The van der Waals surface area contributed by atoms with Crippen molar-refractivity contribution in [1.29, 1.82) is 0 Å². The van der Waals surface area contributed by atoms with Crippen LogP contribution >= 0.6 is 11.3 Å². The van der Waals surface area contributed by atoms with Gasteiger partial charge in [0.05, 0.1) is 0 Å². The van der Waals surface area contributed by atoms with Crippen LogP contribution in [0.15, 0.2) is 5.38 Å². The van der Waals surface area contributed by atoms with Crippen LogP contribution in [0.3, 0.4) is 0 Å². The van der Waals surface area contributed by atoms with Crippen molar-refractivity contribution >= 4 is 11.3 Å². The largest absolute Gasteiger partial charge is 0.306 e. The molecule has 0 bridgehead atoms. The van der Waals surface area contributed by atoms with Crippen molar-refractivity contribution in [2.45, 2.75) is 39.3 Å². The lowest BCUT2D eigenvalue weighted by Crippen LogP contribution is -2.25. The average Bonchev–Trinajstić information content (AvgIpc) is 2.74. The summed E-state index contributed by atoms with van der Waals surface area (Å²) in [6, 6.07) is 0.687. The highest BCUT2D eigenvalue weighted by molar-refractivity contribution is 7.10. The molecule has 1 aromatic heterocycles. The molecule has 14 heavy (non-hydrogen) atoms. The molecule has 0 saturated heterocycles. The van der Waals surface area contributed by atoms with E-state index in [4.69, 9.17) is 0 Å². The summed E-state index contributed by atoms with van der Waals surface area (Å²) in [6.07, 6.45) is 2.68. The summed E-state index contributed by atoms with van der Waals surface area (Å²) in [6.45, 7) is 5.83. The number of hydrogen-bond acceptors (Lipinski definition) is 2. The van der Waals surface area contributed by atoms with E-state index >= 15 is 0 Å². The second kappa shape index (κ2) is 3.07. The van der Waals surface area contributed by atoms with Gasteiger partial charge in [0.2, 0.25) is 0 Å². The van der Waals surface area contributed by atoms with Gasteiger partial charge in [0.1, 0.15) is 0 Å². The Bertz CT molecular complexity index is 353. The third-order valence-corrected chi connectivity index (χ3v) is 4.88. The Kier molecular flexibility index (Phi) is 1.96. The molecule has 2 heterocycles. The molecule has 2 aliphatic rings. The Morgan fingerprint density at radius 3 is 3.14 bits per heavy atom. The second-order valence-electron chi connectivity index (χ2n) is 4.98.